The van der Waals surface area contributed by atoms with Crippen LogP contribution in [0.5, 0.6) is 0 Å². The number of halogens is 2. The summed E-state index contributed by atoms with van der Waals surface area (Å²) in [6.45, 7) is 0. The molecule has 0 aliphatic heterocycles. The van der Waals surface area contributed by atoms with Crippen molar-refractivity contribution in [2.24, 2.45) is 0 Å². The molecular weight excluding hydrogens is 349 g/mol. The molecule has 0 spiro atoms. The summed E-state index contributed by atoms with van der Waals surface area (Å²) in [4.78, 5) is 3.95. The first-order chi connectivity index (χ1) is 9.44. The average molecular weight is 360 g/mol. The third-order valence-electron chi connectivity index (χ3n) is 2.47. The standard InChI is InChI=1S/C12H11BrFN3O2S/c1-15-12-11(3-2-6-16-12)20(18,19)17-8-4-5-10(14)9(13)7-8/h2-7,17H,1H3,(H,15,16). The fourth-order valence-electron chi connectivity index (χ4n) is 1.56. The Morgan fingerprint density at radius 1 is 1.30 bits per heavy atom. The van der Waals surface area contributed by atoms with E-state index in [1.54, 1.807) is 7.05 Å². The van der Waals surface area contributed by atoms with Crippen LogP contribution in [0.3, 0.4) is 0 Å². The van der Waals surface area contributed by atoms with Crippen LogP contribution in [0.1, 0.15) is 0 Å². The maximum atomic E-state index is 13.1. The lowest BCUT2D eigenvalue weighted by atomic mass is 10.3. The molecule has 2 rings (SSSR count). The van der Waals surface area contributed by atoms with Gasteiger partial charge in [-0.3, -0.25) is 4.72 Å². The molecule has 2 aromatic rings. The van der Waals surface area contributed by atoms with Crippen molar-refractivity contribution in [3.63, 3.8) is 0 Å². The summed E-state index contributed by atoms with van der Waals surface area (Å²) in [7, 11) is -2.22. The van der Waals surface area contributed by atoms with Gasteiger partial charge in [-0.05, 0) is 46.3 Å². The molecule has 106 valence electrons. The molecule has 0 amide bonds. The number of anilines is 2. The van der Waals surface area contributed by atoms with Gasteiger partial charge in [0.1, 0.15) is 16.5 Å². The largest absolute Gasteiger partial charge is 0.372 e. The van der Waals surface area contributed by atoms with E-state index >= 15 is 0 Å². The van der Waals surface area contributed by atoms with E-state index in [-0.39, 0.29) is 20.9 Å². The van der Waals surface area contributed by atoms with E-state index in [0.717, 1.165) is 0 Å². The summed E-state index contributed by atoms with van der Waals surface area (Å²) in [5, 5.41) is 2.71. The molecule has 0 fully saturated rings. The summed E-state index contributed by atoms with van der Waals surface area (Å²) < 4.78 is 40.2. The van der Waals surface area contributed by atoms with Gasteiger partial charge >= 0.3 is 0 Å². The quantitative estimate of drug-likeness (QED) is 0.880. The van der Waals surface area contributed by atoms with Crippen LogP contribution < -0.4 is 10.0 Å². The van der Waals surface area contributed by atoms with Gasteiger partial charge in [0, 0.05) is 13.2 Å². The highest BCUT2D eigenvalue weighted by Crippen LogP contribution is 2.24. The molecule has 8 heteroatoms. The number of benzene rings is 1. The predicted molar refractivity (Wildman–Crippen MR) is 78.7 cm³/mol. The first-order valence-electron chi connectivity index (χ1n) is 5.54. The molecule has 2 N–H and O–H groups in total. The van der Waals surface area contributed by atoms with Gasteiger partial charge in [0.2, 0.25) is 0 Å². The zero-order valence-corrected chi connectivity index (χ0v) is 12.8. The number of rotatable bonds is 4. The molecule has 0 unspecified atom stereocenters. The number of hydrogen-bond donors (Lipinski definition) is 2. The molecule has 0 bridgehead atoms. The van der Waals surface area contributed by atoms with Crippen LogP contribution in [-0.2, 0) is 10.0 Å². The van der Waals surface area contributed by atoms with Gasteiger partial charge in [0.15, 0.2) is 0 Å². The Morgan fingerprint density at radius 2 is 2.05 bits per heavy atom. The van der Waals surface area contributed by atoms with Gasteiger partial charge in [-0.2, -0.15) is 0 Å². The minimum absolute atomic E-state index is 0.0166. The van der Waals surface area contributed by atoms with Gasteiger partial charge in [-0.15, -0.1) is 0 Å². The number of nitrogens with zero attached hydrogens (tertiary/aromatic N) is 1. The van der Waals surface area contributed by atoms with E-state index in [1.165, 1.54) is 36.5 Å². The van der Waals surface area contributed by atoms with Crippen molar-refractivity contribution in [3.8, 4) is 0 Å². The third-order valence-corrected chi connectivity index (χ3v) is 4.49. The van der Waals surface area contributed by atoms with Gasteiger partial charge < -0.3 is 5.32 Å². The zero-order valence-electron chi connectivity index (χ0n) is 10.4. The molecule has 5 nitrogen and oxygen atoms in total. The van der Waals surface area contributed by atoms with E-state index in [1.807, 2.05) is 0 Å². The van der Waals surface area contributed by atoms with E-state index in [9.17, 15) is 12.8 Å². The highest BCUT2D eigenvalue weighted by molar-refractivity contribution is 9.10. The molecule has 0 saturated carbocycles. The van der Waals surface area contributed by atoms with Gasteiger partial charge in [0.25, 0.3) is 10.0 Å². The summed E-state index contributed by atoms with van der Waals surface area (Å²) in [5.74, 6) is -0.230. The lowest BCUT2D eigenvalue weighted by molar-refractivity contribution is 0.601. The maximum Gasteiger partial charge on any atom is 0.265 e. The van der Waals surface area contributed by atoms with Gasteiger partial charge in [-0.1, -0.05) is 0 Å². The summed E-state index contributed by atoms with van der Waals surface area (Å²) >= 11 is 3.00. The van der Waals surface area contributed by atoms with E-state index in [2.05, 4.69) is 31.0 Å². The molecular formula is C12H11BrFN3O2S. The van der Waals surface area contributed by atoms with E-state index in [4.69, 9.17) is 0 Å². The topological polar surface area (TPSA) is 71.1 Å². The van der Waals surface area contributed by atoms with Crippen molar-refractivity contribution in [2.45, 2.75) is 4.90 Å². The fourth-order valence-corrected chi connectivity index (χ4v) is 3.16. The number of hydrogen-bond acceptors (Lipinski definition) is 4. The minimum Gasteiger partial charge on any atom is -0.372 e. The van der Waals surface area contributed by atoms with E-state index < -0.39 is 15.8 Å². The Morgan fingerprint density at radius 3 is 2.70 bits per heavy atom. The molecule has 0 aliphatic carbocycles. The fraction of sp³-hybridized carbons (Fsp3) is 0.0833. The Kier molecular flexibility index (Phi) is 4.24. The molecule has 0 saturated heterocycles. The smallest absolute Gasteiger partial charge is 0.265 e. The molecule has 1 heterocycles. The molecule has 20 heavy (non-hydrogen) atoms. The summed E-state index contributed by atoms with van der Waals surface area (Å²) in [6, 6.07) is 6.81. The molecule has 0 radical (unpaired) electrons. The van der Waals surface area contributed by atoms with Gasteiger partial charge in [0.05, 0.1) is 10.2 Å². The Balaban J connectivity index is 2.38. The minimum atomic E-state index is -3.80. The molecule has 1 aromatic heterocycles. The van der Waals surface area contributed by atoms with Crippen LogP contribution in [0.25, 0.3) is 0 Å². The van der Waals surface area contributed by atoms with Crippen molar-refractivity contribution in [3.05, 3.63) is 46.8 Å². The van der Waals surface area contributed by atoms with Crippen LogP contribution in [0.2, 0.25) is 0 Å². The maximum absolute atomic E-state index is 13.1. The first kappa shape index (κ1) is 14.7. The first-order valence-corrected chi connectivity index (χ1v) is 7.82. The predicted octanol–water partition coefficient (Wildman–Crippen LogP) is 2.83. The van der Waals surface area contributed by atoms with E-state index in [0.29, 0.717) is 0 Å². The Hall–Kier alpha value is -1.67. The third kappa shape index (κ3) is 3.07. The monoisotopic (exact) mass is 359 g/mol. The number of pyridine rings is 1. The molecule has 0 atom stereocenters. The number of aromatic nitrogens is 1. The average Bonchev–Trinajstić information content (AvgIpc) is 2.42. The van der Waals surface area contributed by atoms with Crippen molar-refractivity contribution in [1.82, 2.24) is 4.98 Å². The Labute approximate surface area is 124 Å². The zero-order chi connectivity index (χ0) is 14.8. The summed E-state index contributed by atoms with van der Waals surface area (Å²) in [6.07, 6.45) is 1.49. The lowest BCUT2D eigenvalue weighted by Gasteiger charge is -2.11. The van der Waals surface area contributed by atoms with Crippen LogP contribution in [0.15, 0.2) is 45.9 Å². The lowest BCUT2D eigenvalue weighted by Crippen LogP contribution is -2.15. The second kappa shape index (κ2) is 5.76. The second-order valence-corrected chi connectivity index (χ2v) is 6.34. The van der Waals surface area contributed by atoms with Crippen LogP contribution >= 0.6 is 15.9 Å². The molecule has 1 aromatic carbocycles. The van der Waals surface area contributed by atoms with Crippen molar-refractivity contribution < 1.29 is 12.8 Å². The second-order valence-electron chi connectivity index (χ2n) is 3.83. The van der Waals surface area contributed by atoms with Crippen molar-refractivity contribution >= 4 is 37.5 Å². The van der Waals surface area contributed by atoms with Crippen molar-refractivity contribution in [2.75, 3.05) is 17.1 Å². The van der Waals surface area contributed by atoms with Crippen molar-refractivity contribution in [1.29, 1.82) is 0 Å². The highest BCUT2D eigenvalue weighted by atomic mass is 79.9. The van der Waals surface area contributed by atoms with Gasteiger partial charge in [-0.25, -0.2) is 17.8 Å². The van der Waals surface area contributed by atoms with Crippen LogP contribution in [-0.4, -0.2) is 20.4 Å². The SMILES string of the molecule is CNc1ncccc1S(=O)(=O)Nc1ccc(F)c(Br)c1. The highest BCUT2D eigenvalue weighted by Gasteiger charge is 2.19. The summed E-state index contributed by atoms with van der Waals surface area (Å²) in [5.41, 5.74) is 0.254. The normalized spacial score (nSPS) is 11.2. The van der Waals surface area contributed by atoms with Crippen LogP contribution in [0, 0.1) is 5.82 Å². The van der Waals surface area contributed by atoms with Crippen LogP contribution in [0.4, 0.5) is 15.9 Å². The number of nitrogens with one attached hydrogen (secondary N) is 2. The molecule has 0 aliphatic rings. The Bertz CT molecular complexity index is 737. The number of sulfonamides is 1.